The van der Waals surface area contributed by atoms with E-state index in [0.29, 0.717) is 32.2 Å². The van der Waals surface area contributed by atoms with Gasteiger partial charge in [-0.15, -0.1) is 11.3 Å². The number of rotatable bonds is 5. The first-order chi connectivity index (χ1) is 15.9. The molecule has 3 fully saturated rings. The normalized spacial score (nSPS) is 25.4. The molecule has 3 heterocycles. The van der Waals surface area contributed by atoms with Gasteiger partial charge in [0.05, 0.1) is 11.4 Å². The number of nitrogen functional groups attached to an aromatic ring is 1. The number of nitrogens with zero attached hydrogens (tertiary/aromatic N) is 3. The lowest BCUT2D eigenvalue weighted by Crippen LogP contribution is -2.55. The number of aryl methyl sites for hydroxylation is 1. The second-order valence-electron chi connectivity index (χ2n) is 9.69. The molecule has 6 nitrogen and oxygen atoms in total. The van der Waals surface area contributed by atoms with E-state index < -0.39 is 17.5 Å². The van der Waals surface area contributed by atoms with Gasteiger partial charge in [0.1, 0.15) is 26.9 Å². The Bertz CT molecular complexity index is 1270. The van der Waals surface area contributed by atoms with Gasteiger partial charge in [-0.25, -0.2) is 18.7 Å². The molecule has 3 aromatic rings. The Hall–Kier alpha value is -2.81. The number of fused-ring (bicyclic) bond motifs is 1. The minimum absolute atomic E-state index is 0.0100. The molecule has 3 aliphatic rings. The number of hydrogen-bond donors (Lipinski definition) is 2. The smallest absolute Gasteiger partial charge is 0.263 e. The number of benzene rings is 1. The summed E-state index contributed by atoms with van der Waals surface area (Å²) in [6.45, 7) is 3.71. The average molecular weight is 470 g/mol. The highest BCUT2D eigenvalue weighted by Gasteiger charge is 2.64. The van der Waals surface area contributed by atoms with Gasteiger partial charge in [-0.1, -0.05) is 0 Å². The van der Waals surface area contributed by atoms with Crippen molar-refractivity contribution in [2.24, 2.45) is 17.3 Å². The van der Waals surface area contributed by atoms with Gasteiger partial charge in [0.2, 0.25) is 0 Å². The Kier molecular flexibility index (Phi) is 4.62. The number of aromatic nitrogens is 2. The van der Waals surface area contributed by atoms with E-state index in [1.54, 1.807) is 6.20 Å². The summed E-state index contributed by atoms with van der Waals surface area (Å²) in [6.07, 6.45) is 5.46. The van der Waals surface area contributed by atoms with Crippen molar-refractivity contribution in [3.63, 3.8) is 0 Å². The van der Waals surface area contributed by atoms with Crippen molar-refractivity contribution >= 4 is 39.0 Å². The Morgan fingerprint density at radius 2 is 2.12 bits per heavy atom. The van der Waals surface area contributed by atoms with Crippen LogP contribution in [0.1, 0.15) is 40.2 Å². The summed E-state index contributed by atoms with van der Waals surface area (Å²) in [7, 11) is 0. The summed E-state index contributed by atoms with van der Waals surface area (Å²) < 4.78 is 29.7. The number of hydrogen-bond acceptors (Lipinski definition) is 6. The molecule has 0 bridgehead atoms. The first-order valence-corrected chi connectivity index (χ1v) is 12.2. The summed E-state index contributed by atoms with van der Waals surface area (Å²) in [4.78, 5) is 24.2. The number of anilines is 2. The van der Waals surface area contributed by atoms with E-state index in [9.17, 15) is 13.6 Å². The molecule has 0 radical (unpaired) electrons. The molecule has 6 rings (SSSR count). The molecule has 172 valence electrons. The van der Waals surface area contributed by atoms with Crippen molar-refractivity contribution in [1.82, 2.24) is 15.3 Å². The predicted octanol–water partition coefficient (Wildman–Crippen LogP) is 4.07. The third-order valence-corrected chi connectivity index (χ3v) is 9.08. The Morgan fingerprint density at radius 3 is 2.79 bits per heavy atom. The van der Waals surface area contributed by atoms with E-state index in [0.717, 1.165) is 36.0 Å². The van der Waals surface area contributed by atoms with Gasteiger partial charge in [-0.3, -0.25) is 4.79 Å². The molecule has 9 heteroatoms. The third-order valence-electron chi connectivity index (χ3n) is 8.00. The molecule has 1 saturated heterocycles. The van der Waals surface area contributed by atoms with Gasteiger partial charge in [-0.2, -0.15) is 0 Å². The minimum Gasteiger partial charge on any atom is -0.396 e. The highest BCUT2D eigenvalue weighted by molar-refractivity contribution is 7.21. The van der Waals surface area contributed by atoms with Crippen LogP contribution in [0.15, 0.2) is 18.3 Å². The Morgan fingerprint density at radius 1 is 1.33 bits per heavy atom. The lowest BCUT2D eigenvalue weighted by atomic mass is 9.43. The zero-order valence-electron chi connectivity index (χ0n) is 18.3. The number of carbonyl (C=O) groups excluding carboxylic acids is 1. The average Bonchev–Trinajstić information content (AvgIpc) is 3.30. The quantitative estimate of drug-likeness (QED) is 0.589. The fourth-order valence-electron chi connectivity index (χ4n) is 6.03. The van der Waals surface area contributed by atoms with Crippen LogP contribution in [0.3, 0.4) is 0 Å². The Balaban J connectivity index is 1.12. The molecule has 3 unspecified atom stereocenters. The largest absolute Gasteiger partial charge is 0.396 e. The van der Waals surface area contributed by atoms with Gasteiger partial charge < -0.3 is 16.0 Å². The van der Waals surface area contributed by atoms with Gasteiger partial charge >= 0.3 is 0 Å². The molecule has 2 aliphatic carbocycles. The zero-order valence-corrected chi connectivity index (χ0v) is 19.1. The van der Waals surface area contributed by atoms with Crippen LogP contribution in [-0.4, -0.2) is 35.5 Å². The van der Waals surface area contributed by atoms with Crippen LogP contribution in [0.25, 0.3) is 10.3 Å². The summed E-state index contributed by atoms with van der Waals surface area (Å²) >= 11 is 1.16. The van der Waals surface area contributed by atoms with Crippen LogP contribution in [0.2, 0.25) is 0 Å². The first kappa shape index (κ1) is 20.8. The molecule has 1 amide bonds. The fraction of sp³-hybridized carbons (Fsp3) is 0.458. The summed E-state index contributed by atoms with van der Waals surface area (Å²) in [5.41, 5.74) is 8.59. The molecule has 2 aromatic heterocycles. The van der Waals surface area contributed by atoms with Crippen molar-refractivity contribution in [3.05, 3.63) is 46.1 Å². The summed E-state index contributed by atoms with van der Waals surface area (Å²) in [5.74, 6) is -0.0318. The maximum atomic E-state index is 14.8. The second-order valence-corrected chi connectivity index (χ2v) is 10.7. The highest BCUT2D eigenvalue weighted by Crippen LogP contribution is 2.67. The SMILES string of the molecule is Cc1cnc2c(N)c(C(=O)NCCc3c(F)cc(N4CC5CC6CCC65C4)cc3F)sc2n1. The van der Waals surface area contributed by atoms with Crippen LogP contribution in [0.4, 0.5) is 20.2 Å². The number of nitrogens with two attached hydrogens (primary N) is 1. The van der Waals surface area contributed by atoms with Gasteiger partial charge in [-0.05, 0) is 62.0 Å². The molecule has 3 N–H and O–H groups in total. The maximum absolute atomic E-state index is 14.8. The molecule has 2 saturated carbocycles. The standard InChI is InChI=1S/C24H25F2N5OS/c1-12-9-29-20-19(27)21(33-23(20)30-12)22(32)28-5-3-16-17(25)7-15(8-18(16)26)31-10-14-6-13-2-4-24(13,14)11-31/h7-9,13-14H,2-6,10-11,27H2,1H3,(H,28,32). The number of nitrogens with one attached hydrogen (secondary N) is 1. The highest BCUT2D eigenvalue weighted by atomic mass is 32.1. The monoisotopic (exact) mass is 469 g/mol. The van der Waals surface area contributed by atoms with Gasteiger partial charge in [0, 0.05) is 37.1 Å². The van der Waals surface area contributed by atoms with Crippen molar-refractivity contribution in [2.75, 3.05) is 30.3 Å². The van der Waals surface area contributed by atoms with Crippen LogP contribution < -0.4 is 16.0 Å². The molecular weight excluding hydrogens is 444 g/mol. The van der Waals surface area contributed by atoms with E-state index in [1.807, 2.05) is 6.92 Å². The lowest BCUT2D eigenvalue weighted by Gasteiger charge is -2.60. The fourth-order valence-corrected chi connectivity index (χ4v) is 7.05. The number of halogens is 2. The molecule has 3 atom stereocenters. The molecular formula is C24H25F2N5OS. The van der Waals surface area contributed by atoms with Gasteiger partial charge in [0.15, 0.2) is 0 Å². The Labute approximate surface area is 194 Å². The van der Waals surface area contributed by atoms with E-state index in [-0.39, 0.29) is 24.2 Å². The number of carbonyl (C=O) groups is 1. The van der Waals surface area contributed by atoms with Crippen LogP contribution in [0, 0.1) is 35.8 Å². The first-order valence-electron chi connectivity index (χ1n) is 11.4. The second kappa shape index (κ2) is 7.35. The molecule has 33 heavy (non-hydrogen) atoms. The number of thiophene rings is 1. The minimum atomic E-state index is -0.564. The van der Waals surface area contributed by atoms with Crippen molar-refractivity contribution in [1.29, 1.82) is 0 Å². The summed E-state index contributed by atoms with van der Waals surface area (Å²) in [6, 6.07) is 2.89. The molecule has 1 aromatic carbocycles. The molecule has 1 aliphatic heterocycles. The topological polar surface area (TPSA) is 84.1 Å². The predicted molar refractivity (Wildman–Crippen MR) is 124 cm³/mol. The number of amides is 1. The van der Waals surface area contributed by atoms with E-state index in [1.165, 1.54) is 31.4 Å². The molecule has 1 spiro atoms. The van der Waals surface area contributed by atoms with Crippen LogP contribution in [-0.2, 0) is 6.42 Å². The van der Waals surface area contributed by atoms with Crippen molar-refractivity contribution < 1.29 is 13.6 Å². The van der Waals surface area contributed by atoms with Crippen LogP contribution >= 0.6 is 11.3 Å². The zero-order chi connectivity index (χ0) is 22.9. The van der Waals surface area contributed by atoms with Crippen molar-refractivity contribution in [3.8, 4) is 0 Å². The van der Waals surface area contributed by atoms with Crippen LogP contribution in [0.5, 0.6) is 0 Å². The van der Waals surface area contributed by atoms with E-state index in [4.69, 9.17) is 5.73 Å². The summed E-state index contributed by atoms with van der Waals surface area (Å²) in [5, 5.41) is 2.72. The third kappa shape index (κ3) is 3.12. The lowest BCUT2D eigenvalue weighted by molar-refractivity contribution is -0.104. The van der Waals surface area contributed by atoms with E-state index >= 15 is 0 Å². The van der Waals surface area contributed by atoms with Crippen molar-refractivity contribution in [2.45, 2.75) is 32.6 Å². The maximum Gasteiger partial charge on any atom is 0.263 e. The van der Waals surface area contributed by atoms with E-state index in [2.05, 4.69) is 20.2 Å². The van der Waals surface area contributed by atoms with Gasteiger partial charge in [0.25, 0.3) is 5.91 Å².